The van der Waals surface area contributed by atoms with Crippen molar-refractivity contribution in [1.82, 2.24) is 0 Å². The number of fused-ring (bicyclic) bond motifs is 1. The molecule has 0 N–H and O–H groups in total. The zero-order valence-electron chi connectivity index (χ0n) is 13.6. The minimum Gasteiger partial charge on any atom is -0.289 e. The van der Waals surface area contributed by atoms with Gasteiger partial charge >= 0.3 is 0 Å². The molecule has 0 radical (unpaired) electrons. The third kappa shape index (κ3) is 2.48. The number of hydrogen-bond acceptors (Lipinski definition) is 1. The number of carbonyl (C=O) groups is 1. The zero-order chi connectivity index (χ0) is 16.5. The van der Waals surface area contributed by atoms with Crippen LogP contribution in [-0.4, -0.2) is 5.78 Å². The fraction of sp³-hybridized carbons (Fsp3) is 0.0870. The van der Waals surface area contributed by atoms with Gasteiger partial charge in [0.25, 0.3) is 0 Å². The Morgan fingerprint density at radius 3 is 2.21 bits per heavy atom. The van der Waals surface area contributed by atoms with E-state index in [4.69, 9.17) is 0 Å². The monoisotopic (exact) mass is 310 g/mol. The van der Waals surface area contributed by atoms with Crippen molar-refractivity contribution in [1.29, 1.82) is 0 Å². The molecule has 0 bridgehead atoms. The largest absolute Gasteiger partial charge is 0.289 e. The maximum Gasteiger partial charge on any atom is 0.190 e. The molecule has 1 heteroatoms. The van der Waals surface area contributed by atoms with Gasteiger partial charge in [-0.3, -0.25) is 4.79 Å². The topological polar surface area (TPSA) is 17.1 Å². The first-order chi connectivity index (χ1) is 11.7. The van der Waals surface area contributed by atoms with Crippen LogP contribution in [0.2, 0.25) is 0 Å². The van der Waals surface area contributed by atoms with E-state index in [-0.39, 0.29) is 11.7 Å². The number of carbonyl (C=O) groups excluding carboxylic acids is 1. The highest BCUT2D eigenvalue weighted by atomic mass is 16.1. The smallest absolute Gasteiger partial charge is 0.190 e. The van der Waals surface area contributed by atoms with Crippen molar-refractivity contribution in [2.24, 2.45) is 0 Å². The van der Waals surface area contributed by atoms with Crippen molar-refractivity contribution in [2.45, 2.75) is 12.8 Å². The molecule has 24 heavy (non-hydrogen) atoms. The summed E-state index contributed by atoms with van der Waals surface area (Å²) in [5.74, 6) is 0.149. The number of rotatable bonds is 2. The van der Waals surface area contributed by atoms with Crippen LogP contribution < -0.4 is 0 Å². The van der Waals surface area contributed by atoms with E-state index in [1.54, 1.807) is 0 Å². The minimum absolute atomic E-state index is 0.0104. The van der Waals surface area contributed by atoms with E-state index in [2.05, 4.69) is 49.4 Å². The van der Waals surface area contributed by atoms with Crippen LogP contribution in [0, 0.1) is 6.92 Å². The Morgan fingerprint density at radius 1 is 0.792 bits per heavy atom. The second-order valence-corrected chi connectivity index (χ2v) is 6.27. The van der Waals surface area contributed by atoms with Crippen molar-refractivity contribution >= 4 is 11.9 Å². The van der Waals surface area contributed by atoms with Gasteiger partial charge < -0.3 is 0 Å². The average Bonchev–Trinajstić information content (AvgIpc) is 2.90. The summed E-state index contributed by atoms with van der Waals surface area (Å²) < 4.78 is 0. The van der Waals surface area contributed by atoms with Gasteiger partial charge in [0.15, 0.2) is 5.78 Å². The van der Waals surface area contributed by atoms with Crippen LogP contribution in [0.25, 0.3) is 6.08 Å². The van der Waals surface area contributed by atoms with Crippen LogP contribution in [-0.2, 0) is 0 Å². The average molecular weight is 310 g/mol. The molecule has 0 heterocycles. The summed E-state index contributed by atoms with van der Waals surface area (Å²) in [5, 5.41) is 0. The zero-order valence-corrected chi connectivity index (χ0v) is 13.6. The fourth-order valence-electron chi connectivity index (χ4n) is 3.41. The molecule has 3 aromatic carbocycles. The van der Waals surface area contributed by atoms with Gasteiger partial charge in [-0.25, -0.2) is 0 Å². The predicted molar refractivity (Wildman–Crippen MR) is 98.2 cm³/mol. The summed E-state index contributed by atoms with van der Waals surface area (Å²) in [4.78, 5) is 13.0. The number of hydrogen-bond donors (Lipinski definition) is 0. The van der Waals surface area contributed by atoms with Crippen molar-refractivity contribution in [2.75, 3.05) is 0 Å². The Kier molecular flexibility index (Phi) is 3.62. The second kappa shape index (κ2) is 5.93. The van der Waals surface area contributed by atoms with Gasteiger partial charge in [0, 0.05) is 17.1 Å². The highest BCUT2D eigenvalue weighted by molar-refractivity contribution is 6.17. The van der Waals surface area contributed by atoms with E-state index in [9.17, 15) is 4.79 Å². The molecule has 4 rings (SSSR count). The number of benzene rings is 3. The number of allylic oxidation sites excluding steroid dienone is 1. The summed E-state index contributed by atoms with van der Waals surface area (Å²) in [6, 6.07) is 26.5. The first-order valence-corrected chi connectivity index (χ1v) is 8.21. The molecule has 0 aromatic heterocycles. The molecule has 0 saturated heterocycles. The molecule has 0 spiro atoms. The lowest BCUT2D eigenvalue weighted by Crippen LogP contribution is -2.02. The van der Waals surface area contributed by atoms with E-state index in [0.717, 1.165) is 27.8 Å². The third-order valence-corrected chi connectivity index (χ3v) is 4.62. The number of aryl methyl sites for hydroxylation is 1. The Balaban J connectivity index is 1.88. The quantitative estimate of drug-likeness (QED) is 0.579. The van der Waals surface area contributed by atoms with Crippen molar-refractivity contribution in [3.63, 3.8) is 0 Å². The fourth-order valence-corrected chi connectivity index (χ4v) is 3.41. The maximum absolute atomic E-state index is 13.0. The number of Topliss-reactive ketones (excluding diaryl/α,β-unsaturated/α-hetero) is 1. The Morgan fingerprint density at radius 2 is 1.46 bits per heavy atom. The van der Waals surface area contributed by atoms with Crippen molar-refractivity contribution < 1.29 is 4.79 Å². The van der Waals surface area contributed by atoms with Gasteiger partial charge in [-0.2, -0.15) is 0 Å². The first-order valence-electron chi connectivity index (χ1n) is 8.21. The van der Waals surface area contributed by atoms with Crippen LogP contribution >= 0.6 is 0 Å². The molecule has 116 valence electrons. The van der Waals surface area contributed by atoms with Gasteiger partial charge in [-0.15, -0.1) is 0 Å². The third-order valence-electron chi connectivity index (χ3n) is 4.62. The Bertz CT molecular complexity index is 918. The Labute approximate surface area is 142 Å². The molecule has 1 nitrogen and oxygen atoms in total. The standard InChI is InChI=1S/C23H18O/c1-16-11-13-17(14-12-16)15-21-22(18-7-3-2-4-8-18)19-9-5-6-10-20(19)23(21)24/h2-15,22H,1H3/b21-15+. The maximum atomic E-state index is 13.0. The molecule has 0 saturated carbocycles. The summed E-state index contributed by atoms with van der Waals surface area (Å²) in [5.41, 5.74) is 6.23. The van der Waals surface area contributed by atoms with Gasteiger partial charge in [0.1, 0.15) is 0 Å². The lowest BCUT2D eigenvalue weighted by molar-refractivity contribution is 0.103. The van der Waals surface area contributed by atoms with E-state index >= 15 is 0 Å². The van der Waals surface area contributed by atoms with E-state index in [1.165, 1.54) is 5.56 Å². The van der Waals surface area contributed by atoms with E-state index in [0.29, 0.717) is 0 Å². The van der Waals surface area contributed by atoms with Crippen molar-refractivity contribution in [3.8, 4) is 0 Å². The molecule has 1 aliphatic rings. The molecule has 3 aromatic rings. The molecule has 0 fully saturated rings. The SMILES string of the molecule is Cc1ccc(/C=C2/C(=O)c3ccccc3C2c2ccccc2)cc1. The summed E-state index contributed by atoms with van der Waals surface area (Å²) in [6.45, 7) is 2.07. The summed E-state index contributed by atoms with van der Waals surface area (Å²) in [6.07, 6.45) is 2.04. The molecule has 1 unspecified atom stereocenters. The summed E-state index contributed by atoms with van der Waals surface area (Å²) in [7, 11) is 0. The van der Waals surface area contributed by atoms with E-state index in [1.807, 2.05) is 42.5 Å². The van der Waals surface area contributed by atoms with Gasteiger partial charge in [-0.1, -0.05) is 84.4 Å². The second-order valence-electron chi connectivity index (χ2n) is 6.27. The normalized spacial score (nSPS) is 18.0. The lowest BCUT2D eigenvalue weighted by atomic mass is 9.89. The molecule has 0 aliphatic heterocycles. The molecule has 1 atom stereocenters. The summed E-state index contributed by atoms with van der Waals surface area (Å²) >= 11 is 0. The first kappa shape index (κ1) is 14.6. The van der Waals surface area contributed by atoms with Crippen LogP contribution in [0.1, 0.15) is 38.5 Å². The van der Waals surface area contributed by atoms with Crippen molar-refractivity contribution in [3.05, 3.63) is 112 Å². The van der Waals surface area contributed by atoms with Gasteiger partial charge in [-0.05, 0) is 29.7 Å². The van der Waals surface area contributed by atoms with Crippen LogP contribution in [0.4, 0.5) is 0 Å². The highest BCUT2D eigenvalue weighted by Gasteiger charge is 2.34. The minimum atomic E-state index is 0.0104. The molecule has 1 aliphatic carbocycles. The Hall–Kier alpha value is -2.93. The molecule has 0 amide bonds. The van der Waals surface area contributed by atoms with E-state index < -0.39 is 0 Å². The number of ketones is 1. The highest BCUT2D eigenvalue weighted by Crippen LogP contribution is 2.42. The van der Waals surface area contributed by atoms with Crippen LogP contribution in [0.5, 0.6) is 0 Å². The lowest BCUT2D eigenvalue weighted by Gasteiger charge is -2.13. The van der Waals surface area contributed by atoms with Gasteiger partial charge in [0.05, 0.1) is 0 Å². The van der Waals surface area contributed by atoms with Crippen LogP contribution in [0.15, 0.2) is 84.4 Å². The molecular formula is C23H18O. The van der Waals surface area contributed by atoms with Gasteiger partial charge in [0.2, 0.25) is 0 Å². The predicted octanol–water partition coefficient (Wildman–Crippen LogP) is 5.41. The molecular weight excluding hydrogens is 292 g/mol. The van der Waals surface area contributed by atoms with Crippen LogP contribution in [0.3, 0.4) is 0 Å².